The molecule has 1 aromatic heterocycles. The molecule has 2 rings (SSSR count). The zero-order valence-corrected chi connectivity index (χ0v) is 9.98. The van der Waals surface area contributed by atoms with Gasteiger partial charge in [-0.2, -0.15) is 0 Å². The normalized spacial score (nSPS) is 10.3. The fourth-order valence-electron chi connectivity index (χ4n) is 1.57. The van der Waals surface area contributed by atoms with E-state index in [4.69, 9.17) is 5.11 Å². The number of halogens is 2. The van der Waals surface area contributed by atoms with Crippen LogP contribution in [-0.2, 0) is 6.54 Å². The quantitative estimate of drug-likeness (QED) is 0.787. The van der Waals surface area contributed by atoms with Crippen LogP contribution in [0.2, 0.25) is 0 Å². The molecule has 0 aliphatic rings. The van der Waals surface area contributed by atoms with Gasteiger partial charge >= 0.3 is 5.97 Å². The molecule has 2 aromatic rings. The average Bonchev–Trinajstić information content (AvgIpc) is 2.91. The van der Waals surface area contributed by atoms with Crippen molar-refractivity contribution in [3.05, 3.63) is 53.1 Å². The molecule has 20 heavy (non-hydrogen) atoms. The number of H-pyrrole nitrogens is 1. The topological polar surface area (TPSA) is 95.1 Å². The molecule has 0 spiro atoms. The Bertz CT molecular complexity index is 656. The maximum absolute atomic E-state index is 13.1. The largest absolute Gasteiger partial charge is 0.478 e. The summed E-state index contributed by atoms with van der Waals surface area (Å²) in [4.78, 5) is 29.3. The molecule has 0 bridgehead atoms. The van der Waals surface area contributed by atoms with Gasteiger partial charge in [-0.25, -0.2) is 18.6 Å². The summed E-state index contributed by atoms with van der Waals surface area (Å²) in [6.07, 6.45) is 3.02. The van der Waals surface area contributed by atoms with Gasteiger partial charge in [0.05, 0.1) is 17.7 Å². The fourth-order valence-corrected chi connectivity index (χ4v) is 1.57. The molecule has 0 saturated carbocycles. The van der Waals surface area contributed by atoms with Gasteiger partial charge in [-0.05, 0) is 12.1 Å². The lowest BCUT2D eigenvalue weighted by Crippen LogP contribution is -2.26. The van der Waals surface area contributed by atoms with E-state index in [9.17, 15) is 18.4 Å². The van der Waals surface area contributed by atoms with Crippen LogP contribution in [0.25, 0.3) is 0 Å². The van der Waals surface area contributed by atoms with E-state index in [1.165, 1.54) is 6.20 Å². The average molecular weight is 281 g/mol. The van der Waals surface area contributed by atoms with Crippen LogP contribution in [-0.4, -0.2) is 27.0 Å². The Morgan fingerprint density at radius 3 is 2.45 bits per heavy atom. The number of amides is 1. The molecule has 0 aliphatic carbocycles. The third-order valence-corrected chi connectivity index (χ3v) is 2.51. The second kappa shape index (κ2) is 5.47. The summed E-state index contributed by atoms with van der Waals surface area (Å²) >= 11 is 0. The van der Waals surface area contributed by atoms with Gasteiger partial charge in [-0.15, -0.1) is 0 Å². The smallest absolute Gasteiger partial charge is 0.336 e. The summed E-state index contributed by atoms with van der Waals surface area (Å²) in [5.74, 6) is -4.54. The van der Waals surface area contributed by atoms with Crippen molar-refractivity contribution in [1.29, 1.82) is 0 Å². The van der Waals surface area contributed by atoms with E-state index in [-0.39, 0.29) is 6.54 Å². The van der Waals surface area contributed by atoms with E-state index < -0.39 is 34.6 Å². The molecule has 1 amide bonds. The Labute approximate surface area is 111 Å². The molecule has 8 heteroatoms. The molecule has 0 aliphatic heterocycles. The maximum atomic E-state index is 13.1. The first-order chi connectivity index (χ1) is 9.49. The maximum Gasteiger partial charge on any atom is 0.336 e. The third-order valence-electron chi connectivity index (χ3n) is 2.51. The molecule has 0 fully saturated rings. The van der Waals surface area contributed by atoms with Crippen molar-refractivity contribution in [2.45, 2.75) is 6.54 Å². The molecule has 6 nitrogen and oxygen atoms in total. The molecule has 104 valence electrons. The highest BCUT2D eigenvalue weighted by molar-refractivity contribution is 6.04. The van der Waals surface area contributed by atoms with Crippen LogP contribution in [0.1, 0.15) is 26.5 Å². The van der Waals surface area contributed by atoms with Crippen molar-refractivity contribution in [3.63, 3.8) is 0 Å². The lowest BCUT2D eigenvalue weighted by molar-refractivity contribution is 0.0690. The van der Waals surface area contributed by atoms with Crippen molar-refractivity contribution in [2.75, 3.05) is 0 Å². The molecule has 3 N–H and O–H groups in total. The van der Waals surface area contributed by atoms with E-state index in [0.717, 1.165) is 0 Å². The van der Waals surface area contributed by atoms with Gasteiger partial charge in [0.15, 0.2) is 11.6 Å². The Kier molecular flexibility index (Phi) is 3.74. The molecule has 1 heterocycles. The summed E-state index contributed by atoms with van der Waals surface area (Å²) in [5.41, 5.74) is -1.07. The Morgan fingerprint density at radius 1 is 1.25 bits per heavy atom. The number of nitrogens with zero attached hydrogens (tertiary/aromatic N) is 1. The predicted molar refractivity (Wildman–Crippen MR) is 63.1 cm³/mol. The van der Waals surface area contributed by atoms with E-state index in [1.807, 2.05) is 0 Å². The number of aromatic carboxylic acids is 1. The number of benzene rings is 1. The number of hydrogen-bond acceptors (Lipinski definition) is 3. The van der Waals surface area contributed by atoms with E-state index in [1.54, 1.807) is 6.20 Å². The summed E-state index contributed by atoms with van der Waals surface area (Å²) in [6.45, 7) is 0.00386. The van der Waals surface area contributed by atoms with Crippen LogP contribution in [0.4, 0.5) is 8.78 Å². The predicted octanol–water partition coefficient (Wildman–Crippen LogP) is 1.32. The molecule has 0 radical (unpaired) electrons. The Morgan fingerprint density at radius 2 is 1.90 bits per heavy atom. The van der Waals surface area contributed by atoms with E-state index in [2.05, 4.69) is 15.3 Å². The van der Waals surface area contributed by atoms with Crippen LogP contribution in [0.5, 0.6) is 0 Å². The zero-order chi connectivity index (χ0) is 14.7. The van der Waals surface area contributed by atoms with Crippen molar-refractivity contribution in [3.8, 4) is 0 Å². The van der Waals surface area contributed by atoms with Gasteiger partial charge in [-0.3, -0.25) is 4.79 Å². The third kappa shape index (κ3) is 2.79. The first kappa shape index (κ1) is 13.7. The molecular weight excluding hydrogens is 272 g/mol. The first-order valence-electron chi connectivity index (χ1n) is 5.48. The van der Waals surface area contributed by atoms with Gasteiger partial charge in [-0.1, -0.05) is 0 Å². The van der Waals surface area contributed by atoms with Crippen molar-refractivity contribution in [1.82, 2.24) is 15.3 Å². The highest BCUT2D eigenvalue weighted by Gasteiger charge is 2.20. The monoisotopic (exact) mass is 281 g/mol. The first-order valence-corrected chi connectivity index (χ1v) is 5.48. The van der Waals surface area contributed by atoms with Crippen LogP contribution < -0.4 is 5.32 Å². The SMILES string of the molecule is O=C(O)c1cc(F)c(F)cc1C(=O)NCc1ncc[nH]1. The fraction of sp³-hybridized carbons (Fsp3) is 0.0833. The standard InChI is InChI=1S/C12H9F2N3O3/c13-8-3-6(7(12(19)20)4-9(8)14)11(18)17-5-10-15-1-2-16-10/h1-4H,5H2,(H,15,16)(H,17,18)(H,19,20). The molecule has 1 aromatic carbocycles. The van der Waals surface area contributed by atoms with Crippen LogP contribution in [0, 0.1) is 11.6 Å². The zero-order valence-electron chi connectivity index (χ0n) is 9.98. The van der Waals surface area contributed by atoms with Gasteiger partial charge in [0.2, 0.25) is 0 Å². The second-order valence-electron chi connectivity index (χ2n) is 3.84. The lowest BCUT2D eigenvalue weighted by atomic mass is 10.1. The second-order valence-corrected chi connectivity index (χ2v) is 3.84. The number of carbonyl (C=O) groups excluding carboxylic acids is 1. The number of rotatable bonds is 4. The molecule has 0 atom stereocenters. The minimum atomic E-state index is -1.52. The number of carbonyl (C=O) groups is 2. The van der Waals surface area contributed by atoms with Gasteiger partial charge in [0.25, 0.3) is 5.91 Å². The van der Waals surface area contributed by atoms with E-state index in [0.29, 0.717) is 18.0 Å². The van der Waals surface area contributed by atoms with Crippen LogP contribution >= 0.6 is 0 Å². The van der Waals surface area contributed by atoms with Crippen molar-refractivity contribution < 1.29 is 23.5 Å². The Balaban J connectivity index is 2.24. The van der Waals surface area contributed by atoms with Gasteiger partial charge < -0.3 is 15.4 Å². The molecular formula is C12H9F2N3O3. The Hall–Kier alpha value is -2.77. The summed E-state index contributed by atoms with van der Waals surface area (Å²) in [7, 11) is 0. The van der Waals surface area contributed by atoms with E-state index >= 15 is 0 Å². The number of carboxylic acids is 1. The highest BCUT2D eigenvalue weighted by atomic mass is 19.2. The number of nitrogens with one attached hydrogen (secondary N) is 2. The summed E-state index contributed by atoms with van der Waals surface area (Å²) in [6, 6.07) is 1.02. The highest BCUT2D eigenvalue weighted by Crippen LogP contribution is 2.15. The molecule has 0 saturated heterocycles. The molecule has 0 unspecified atom stereocenters. The number of hydrogen-bond donors (Lipinski definition) is 3. The van der Waals surface area contributed by atoms with Gasteiger partial charge in [0, 0.05) is 12.4 Å². The van der Waals surface area contributed by atoms with Crippen LogP contribution in [0.15, 0.2) is 24.5 Å². The minimum Gasteiger partial charge on any atom is -0.478 e. The minimum absolute atomic E-state index is 0.00386. The lowest BCUT2D eigenvalue weighted by Gasteiger charge is -2.07. The van der Waals surface area contributed by atoms with Gasteiger partial charge in [0.1, 0.15) is 5.82 Å². The number of aromatic nitrogens is 2. The number of aromatic amines is 1. The van der Waals surface area contributed by atoms with Crippen LogP contribution in [0.3, 0.4) is 0 Å². The summed E-state index contributed by atoms with van der Waals surface area (Å²) < 4.78 is 26.1. The summed E-state index contributed by atoms with van der Waals surface area (Å²) in [5, 5.41) is 11.3. The number of imidazole rings is 1. The van der Waals surface area contributed by atoms with Crippen molar-refractivity contribution in [2.24, 2.45) is 0 Å². The van der Waals surface area contributed by atoms with Crippen molar-refractivity contribution >= 4 is 11.9 Å². The number of carboxylic acid groups (broad SMARTS) is 1.